The van der Waals surface area contributed by atoms with Crippen LogP contribution < -0.4 is 25.2 Å². The third kappa shape index (κ3) is 4.37. The SMILES string of the molecule is CCOc1ccc(C2CC(C(=O)N3CCN(c4ccccc4OC)CC3)NN2)cc1. The van der Waals surface area contributed by atoms with Crippen LogP contribution in [0, 0.1) is 0 Å². The van der Waals surface area contributed by atoms with Crippen molar-refractivity contribution < 1.29 is 14.3 Å². The summed E-state index contributed by atoms with van der Waals surface area (Å²) in [4.78, 5) is 17.3. The lowest BCUT2D eigenvalue weighted by Gasteiger charge is -2.37. The number of ether oxygens (including phenoxy) is 2. The van der Waals surface area contributed by atoms with Gasteiger partial charge in [0.2, 0.25) is 5.91 Å². The van der Waals surface area contributed by atoms with Gasteiger partial charge in [-0.25, -0.2) is 10.9 Å². The molecule has 30 heavy (non-hydrogen) atoms. The number of carbonyl (C=O) groups excluding carboxylic acids is 1. The van der Waals surface area contributed by atoms with E-state index in [2.05, 4.69) is 34.0 Å². The predicted octanol–water partition coefficient (Wildman–Crippen LogP) is 2.35. The number of piperazine rings is 1. The zero-order chi connectivity index (χ0) is 20.9. The van der Waals surface area contributed by atoms with Crippen molar-refractivity contribution in [3.8, 4) is 11.5 Å². The quantitative estimate of drug-likeness (QED) is 0.762. The number of anilines is 1. The molecule has 0 radical (unpaired) electrons. The van der Waals surface area contributed by atoms with Crippen LogP contribution in [0.3, 0.4) is 0 Å². The number of rotatable bonds is 6. The minimum Gasteiger partial charge on any atom is -0.495 e. The smallest absolute Gasteiger partial charge is 0.241 e. The monoisotopic (exact) mass is 410 g/mol. The summed E-state index contributed by atoms with van der Waals surface area (Å²) in [7, 11) is 1.69. The van der Waals surface area contributed by atoms with Gasteiger partial charge in [0.05, 0.1) is 19.4 Å². The molecule has 0 saturated carbocycles. The lowest BCUT2D eigenvalue weighted by Crippen LogP contribution is -2.53. The number of methoxy groups -OCH3 is 1. The van der Waals surface area contributed by atoms with Crippen LogP contribution in [0.25, 0.3) is 0 Å². The molecule has 2 atom stereocenters. The average molecular weight is 411 g/mol. The van der Waals surface area contributed by atoms with Crippen LogP contribution >= 0.6 is 0 Å². The maximum atomic E-state index is 13.0. The number of hydrazine groups is 1. The van der Waals surface area contributed by atoms with Gasteiger partial charge in [0.25, 0.3) is 0 Å². The Balaban J connectivity index is 1.31. The summed E-state index contributed by atoms with van der Waals surface area (Å²) < 4.78 is 11.0. The molecule has 2 aliphatic rings. The van der Waals surface area contributed by atoms with Crippen LogP contribution in [0.15, 0.2) is 48.5 Å². The highest BCUT2D eigenvalue weighted by molar-refractivity contribution is 5.82. The van der Waals surface area contributed by atoms with E-state index in [9.17, 15) is 4.79 Å². The largest absolute Gasteiger partial charge is 0.495 e. The number of amides is 1. The number of hydrogen-bond donors (Lipinski definition) is 2. The van der Waals surface area contributed by atoms with Gasteiger partial charge in [0, 0.05) is 32.2 Å². The molecular weight excluding hydrogens is 380 g/mol. The fourth-order valence-corrected chi connectivity index (χ4v) is 4.18. The maximum Gasteiger partial charge on any atom is 0.241 e. The summed E-state index contributed by atoms with van der Waals surface area (Å²) in [5.41, 5.74) is 8.72. The number of hydrogen-bond acceptors (Lipinski definition) is 6. The van der Waals surface area contributed by atoms with Gasteiger partial charge in [-0.15, -0.1) is 0 Å². The second-order valence-electron chi connectivity index (χ2n) is 7.62. The topological polar surface area (TPSA) is 66.1 Å². The minimum absolute atomic E-state index is 0.115. The van der Waals surface area contributed by atoms with E-state index >= 15 is 0 Å². The fourth-order valence-electron chi connectivity index (χ4n) is 4.18. The van der Waals surface area contributed by atoms with Gasteiger partial charge >= 0.3 is 0 Å². The van der Waals surface area contributed by atoms with Gasteiger partial charge in [-0.1, -0.05) is 24.3 Å². The molecule has 2 aliphatic heterocycles. The molecule has 160 valence electrons. The fraction of sp³-hybridized carbons (Fsp3) is 0.435. The third-order valence-corrected chi connectivity index (χ3v) is 5.81. The lowest BCUT2D eigenvalue weighted by molar-refractivity contribution is -0.133. The molecule has 1 amide bonds. The Morgan fingerprint density at radius 2 is 1.77 bits per heavy atom. The molecule has 2 unspecified atom stereocenters. The molecule has 0 aromatic heterocycles. The second kappa shape index (κ2) is 9.36. The molecule has 2 aromatic rings. The van der Waals surface area contributed by atoms with Crippen molar-refractivity contribution in [2.45, 2.75) is 25.4 Å². The van der Waals surface area contributed by atoms with Gasteiger partial charge in [-0.3, -0.25) is 4.79 Å². The summed E-state index contributed by atoms with van der Waals surface area (Å²) in [6, 6.07) is 16.0. The summed E-state index contributed by atoms with van der Waals surface area (Å²) in [5.74, 6) is 1.90. The Bertz CT molecular complexity index is 850. The van der Waals surface area contributed by atoms with Crippen molar-refractivity contribution in [3.05, 3.63) is 54.1 Å². The molecule has 0 spiro atoms. The summed E-state index contributed by atoms with van der Waals surface area (Å²) >= 11 is 0. The van der Waals surface area contributed by atoms with Crippen molar-refractivity contribution in [2.75, 3.05) is 44.8 Å². The maximum absolute atomic E-state index is 13.0. The molecule has 2 N–H and O–H groups in total. The number of nitrogens with zero attached hydrogens (tertiary/aromatic N) is 2. The highest BCUT2D eigenvalue weighted by Crippen LogP contribution is 2.29. The normalized spacial score (nSPS) is 21.5. The number of benzene rings is 2. The second-order valence-corrected chi connectivity index (χ2v) is 7.62. The van der Waals surface area contributed by atoms with Crippen molar-refractivity contribution in [1.82, 2.24) is 15.8 Å². The van der Waals surface area contributed by atoms with Crippen LogP contribution in [-0.2, 0) is 4.79 Å². The van der Waals surface area contributed by atoms with Crippen LogP contribution in [0.2, 0.25) is 0 Å². The molecule has 0 aliphatic carbocycles. The molecular formula is C23H30N4O3. The highest BCUT2D eigenvalue weighted by Gasteiger charge is 2.34. The highest BCUT2D eigenvalue weighted by atomic mass is 16.5. The number of nitrogens with one attached hydrogen (secondary N) is 2. The Labute approximate surface area is 177 Å². The van der Waals surface area contributed by atoms with Gasteiger partial charge in [-0.2, -0.15) is 0 Å². The van der Waals surface area contributed by atoms with Crippen LogP contribution in [0.5, 0.6) is 11.5 Å². The van der Waals surface area contributed by atoms with E-state index in [1.807, 2.05) is 42.2 Å². The summed E-state index contributed by atoms with van der Waals surface area (Å²) in [5, 5.41) is 0. The number of carbonyl (C=O) groups is 1. The molecule has 7 heteroatoms. The summed E-state index contributed by atoms with van der Waals surface area (Å²) in [6.07, 6.45) is 0.736. The standard InChI is InChI=1S/C23H30N4O3/c1-3-30-18-10-8-17(9-11-18)19-16-20(25-24-19)23(28)27-14-12-26(13-15-27)21-6-4-5-7-22(21)29-2/h4-11,19-20,24-25H,3,12-16H2,1-2H3. The predicted molar refractivity (Wildman–Crippen MR) is 117 cm³/mol. The molecule has 0 bridgehead atoms. The van der Waals surface area contributed by atoms with Crippen molar-refractivity contribution >= 4 is 11.6 Å². The first-order chi connectivity index (χ1) is 14.7. The molecule has 2 heterocycles. The van der Waals surface area contributed by atoms with E-state index in [0.717, 1.165) is 42.3 Å². The Hall–Kier alpha value is -2.77. The van der Waals surface area contributed by atoms with Crippen molar-refractivity contribution in [2.24, 2.45) is 0 Å². The first-order valence-electron chi connectivity index (χ1n) is 10.6. The third-order valence-electron chi connectivity index (χ3n) is 5.81. The van der Waals surface area contributed by atoms with E-state index in [1.165, 1.54) is 0 Å². The summed E-state index contributed by atoms with van der Waals surface area (Å²) in [6.45, 7) is 5.65. The van der Waals surface area contributed by atoms with E-state index in [4.69, 9.17) is 9.47 Å². The molecule has 2 aromatic carbocycles. The number of para-hydroxylation sites is 2. The van der Waals surface area contributed by atoms with Crippen LogP contribution in [-0.4, -0.2) is 56.7 Å². The lowest BCUT2D eigenvalue weighted by atomic mass is 10.0. The van der Waals surface area contributed by atoms with E-state index < -0.39 is 0 Å². The van der Waals surface area contributed by atoms with Gasteiger partial charge in [-0.05, 0) is 43.2 Å². The minimum atomic E-state index is -0.209. The van der Waals surface area contributed by atoms with Crippen LogP contribution in [0.1, 0.15) is 24.9 Å². The Morgan fingerprint density at radius 3 is 2.47 bits per heavy atom. The Morgan fingerprint density at radius 1 is 1.03 bits per heavy atom. The van der Waals surface area contributed by atoms with Gasteiger partial charge in [0.1, 0.15) is 17.5 Å². The van der Waals surface area contributed by atoms with E-state index in [1.54, 1.807) is 7.11 Å². The van der Waals surface area contributed by atoms with E-state index in [-0.39, 0.29) is 18.0 Å². The Kier molecular flexibility index (Phi) is 6.40. The average Bonchev–Trinajstić information content (AvgIpc) is 3.30. The zero-order valence-electron chi connectivity index (χ0n) is 17.6. The first kappa shape index (κ1) is 20.5. The van der Waals surface area contributed by atoms with Crippen molar-refractivity contribution in [3.63, 3.8) is 0 Å². The van der Waals surface area contributed by atoms with Gasteiger partial charge in [0.15, 0.2) is 0 Å². The van der Waals surface area contributed by atoms with Crippen molar-refractivity contribution in [1.29, 1.82) is 0 Å². The zero-order valence-corrected chi connectivity index (χ0v) is 17.6. The molecule has 2 fully saturated rings. The first-order valence-corrected chi connectivity index (χ1v) is 10.6. The molecule has 2 saturated heterocycles. The van der Waals surface area contributed by atoms with E-state index in [0.29, 0.717) is 19.7 Å². The van der Waals surface area contributed by atoms with Gasteiger partial charge < -0.3 is 19.3 Å². The molecule has 4 rings (SSSR count). The van der Waals surface area contributed by atoms with Crippen LogP contribution in [0.4, 0.5) is 5.69 Å². The molecule has 7 nitrogen and oxygen atoms in total.